The Kier molecular flexibility index (Phi) is 21.9. The Morgan fingerprint density at radius 1 is 0.603 bits per heavy atom. The second-order valence-corrected chi connectivity index (χ2v) is 35.8. The van der Waals surface area contributed by atoms with Crippen molar-refractivity contribution in [3.8, 4) is 33.9 Å². The molecule has 600 valence electrons. The van der Waals surface area contributed by atoms with Gasteiger partial charge in [0.05, 0.1) is 22.4 Å². The van der Waals surface area contributed by atoms with Gasteiger partial charge in [-0.15, -0.1) is 0 Å². The zero-order valence-electron chi connectivity index (χ0n) is 64.1. The maximum atomic E-state index is 14.2. The Balaban J connectivity index is 0.0000117. The topological polar surface area (TPSA) is 503 Å². The fourth-order valence-corrected chi connectivity index (χ4v) is 19.1. The van der Waals surface area contributed by atoms with Crippen LogP contribution in [0.2, 0.25) is 0 Å². The normalized spacial score (nSPS) is 16.6. The van der Waals surface area contributed by atoms with Gasteiger partial charge in [-0.3, -0.25) is 48.5 Å². The molecule has 0 bridgehead atoms. The number of carbonyl (C=O) groups is 7. The van der Waals surface area contributed by atoms with Crippen LogP contribution in [0.4, 0.5) is 11.4 Å². The number of nitrogens with zero attached hydrogens (tertiary/aromatic N) is 4. The minimum absolute atomic E-state index is 0. The molecule has 7 aromatic carbocycles. The number of fused-ring (bicyclic) bond motifs is 6. The number of hydrogen-bond acceptors (Lipinski definition) is 24. The SMILES string of the molecule is CC1Nc2c(cc3c(c2S(=O)(=O)O)Oc2c(S(=O)(=O)[O-])c4c(cc2=C3c2ccc(C(=O)NCCCN(C)CCCN3C(=O)c5ccc6c7c(ccc(c57)C3=O)C(=O)N(CCCN(C)CCCNC(=O)c3ccc(-c5c7ccc(=[NH2+])c(S(=O)(=O)[O-])c-7oc7c(S(=O)(=O)[O-])c(N)ccc57)c(C(=O)O)c3)C6=O)cc2)C(C)(C)C(C)[NH+]=4)C1(C)C.[Na+]. The van der Waals surface area contributed by atoms with Crippen molar-refractivity contribution in [1.82, 2.24) is 30.2 Å². The van der Waals surface area contributed by atoms with Gasteiger partial charge in [0.25, 0.3) is 45.6 Å². The molecule has 7 aliphatic rings. The van der Waals surface area contributed by atoms with Gasteiger partial charge in [-0.1, -0.05) is 32.0 Å². The summed E-state index contributed by atoms with van der Waals surface area (Å²) in [5, 5.41) is 25.0. The van der Waals surface area contributed by atoms with Crippen LogP contribution in [-0.2, 0) is 51.3 Å². The van der Waals surface area contributed by atoms with Gasteiger partial charge in [-0.25, -0.2) is 35.0 Å². The number of carboxylic acid groups (broad SMARTS) is 1. The zero-order chi connectivity index (χ0) is 83.2. The predicted octanol–water partition coefficient (Wildman–Crippen LogP) is -0.439. The first-order chi connectivity index (χ1) is 53.9. The summed E-state index contributed by atoms with van der Waals surface area (Å²) < 4.78 is 165. The Hall–Kier alpha value is -10.2. The molecule has 0 spiro atoms. The van der Waals surface area contributed by atoms with Crippen molar-refractivity contribution >= 4 is 121 Å². The van der Waals surface area contributed by atoms with Crippen LogP contribution in [0.15, 0.2) is 127 Å². The number of carbonyl (C=O) groups excluding carboxylic acids is 6. The van der Waals surface area contributed by atoms with Crippen LogP contribution in [0.25, 0.3) is 49.8 Å². The molecule has 7 aromatic rings. The molecule has 6 heterocycles. The molecule has 116 heavy (non-hydrogen) atoms. The van der Waals surface area contributed by atoms with Crippen LogP contribution in [0, 0.1) is 0 Å². The predicted molar refractivity (Wildman–Crippen MR) is 410 cm³/mol. The molecule has 0 fully saturated rings. The number of ether oxygens (including phenoxy) is 1. The van der Waals surface area contributed by atoms with Gasteiger partial charge in [0.1, 0.15) is 35.2 Å². The van der Waals surface area contributed by atoms with Crippen molar-refractivity contribution in [2.24, 2.45) is 0 Å². The fourth-order valence-electron chi connectivity index (χ4n) is 16.0. The molecule has 0 aromatic heterocycles. The van der Waals surface area contributed by atoms with Crippen LogP contribution < -0.4 is 82.3 Å². The molecule has 1 aliphatic carbocycles. The fraction of sp³-hybridized carbons (Fsp3) is 0.304. The Bertz CT molecular complexity index is 6440. The maximum Gasteiger partial charge on any atom is 1.00 e. The van der Waals surface area contributed by atoms with E-state index in [9.17, 15) is 90.6 Å². The molecule has 0 saturated carbocycles. The summed E-state index contributed by atoms with van der Waals surface area (Å²) in [5.41, 5.74) is 4.63. The van der Waals surface area contributed by atoms with Gasteiger partial charge >= 0.3 is 35.5 Å². The molecule has 14 rings (SSSR count). The molecule has 0 radical (unpaired) electrons. The summed E-state index contributed by atoms with van der Waals surface area (Å²) >= 11 is 0. The summed E-state index contributed by atoms with van der Waals surface area (Å²) in [6.45, 7) is 13.4. The molecule has 10 N–H and O–H groups in total. The van der Waals surface area contributed by atoms with Crippen molar-refractivity contribution in [3.05, 3.63) is 180 Å². The smallest absolute Gasteiger partial charge is 0.744 e. The summed E-state index contributed by atoms with van der Waals surface area (Å²) in [7, 11) is -17.7. The number of rotatable bonds is 25. The minimum atomic E-state index is -5.47. The van der Waals surface area contributed by atoms with E-state index in [1.807, 2.05) is 58.4 Å². The average molecular weight is 1670 g/mol. The number of benzene rings is 8. The summed E-state index contributed by atoms with van der Waals surface area (Å²) in [5.74, 6) is -6.72. The number of anilines is 2. The summed E-state index contributed by atoms with van der Waals surface area (Å²) in [6, 6.07) is 23.0. The second-order valence-electron chi connectivity index (χ2n) is 30.5. The zero-order valence-corrected chi connectivity index (χ0v) is 69.4. The van der Waals surface area contributed by atoms with Gasteiger partial charge in [-0.05, 0) is 189 Å². The molecule has 6 amide bonds. The van der Waals surface area contributed by atoms with Crippen molar-refractivity contribution in [2.75, 3.05) is 77.5 Å². The molecule has 32 nitrogen and oxygen atoms in total. The molecular weight excluding hydrogens is 1590 g/mol. The van der Waals surface area contributed by atoms with Crippen LogP contribution in [0.3, 0.4) is 0 Å². The van der Waals surface area contributed by atoms with Crippen molar-refractivity contribution in [2.45, 2.75) is 110 Å². The Labute approximate surface area is 686 Å². The third-order valence-electron chi connectivity index (χ3n) is 22.7. The molecule has 6 aliphatic heterocycles. The van der Waals surface area contributed by atoms with Gasteiger partial charge in [0.15, 0.2) is 43.6 Å². The third-order valence-corrected chi connectivity index (χ3v) is 26.3. The van der Waals surface area contributed by atoms with Gasteiger partial charge in [-0.2, -0.15) is 8.42 Å². The van der Waals surface area contributed by atoms with E-state index in [4.69, 9.17) is 20.3 Å². The number of imide groups is 2. The number of nitrogens with two attached hydrogens (primary N) is 2. The molecule has 0 saturated heterocycles. The molecular formula is C79H77N10NaO22S4. The minimum Gasteiger partial charge on any atom is -0.744 e. The summed E-state index contributed by atoms with van der Waals surface area (Å²) in [6.07, 6.45) is 1.55. The number of hydrogen-bond donors (Lipinski definition) is 8. The van der Waals surface area contributed by atoms with E-state index in [1.54, 1.807) is 43.4 Å². The quantitative estimate of drug-likeness (QED) is 0.00898. The number of aromatic carboxylic acids is 1. The van der Waals surface area contributed by atoms with E-state index >= 15 is 0 Å². The van der Waals surface area contributed by atoms with Crippen LogP contribution in [0.1, 0.15) is 162 Å². The number of nitrogens with one attached hydrogen (secondary N) is 4. The first kappa shape index (κ1) is 83.7. The van der Waals surface area contributed by atoms with E-state index in [0.717, 1.165) is 28.0 Å². The number of nitrogen functional groups attached to an aromatic ring is 1. The Morgan fingerprint density at radius 3 is 1.60 bits per heavy atom. The monoisotopic (exact) mass is 1670 g/mol. The van der Waals surface area contributed by atoms with Gasteiger partial charge in [0, 0.05) is 126 Å². The standard InChI is InChI=1S/C79H78N10O22S4.Na/c1-38-78(3,4)53-36-51-57(52-37-54-62(85-39(2)79(54,5)6)70(115(107,108)109)66(52)111-65(51)69(61(53)84-38)114(104,105)106)40-13-15-41(16-14-40)71(90)82-27-9-29-86(7)31-11-33-88-73(92)46-19-21-48-60-49(22-20-47(59(46)60)74(88)93)76(95)89(75(48)94)34-12-32-87(8)30-10-28-83-72(91)42-17-18-43(50(35-42)77(96)97)58-44-23-25-55(80)67(112(98,99)100)63(44)110-64-45(58)24-26-56(81)68(64)113(101,102)103;/h13-26,35-39,80,84H,9-12,27-34,81H2,1-8H3,(H,82,90)(H,83,91)(H,96,97)(H,98,99,100)(H,101,102,103)(H,104,105,106)(H,107,108,109);/q;+1/p-1. The van der Waals surface area contributed by atoms with Crippen LogP contribution >= 0.6 is 0 Å². The third kappa shape index (κ3) is 14.5. The van der Waals surface area contributed by atoms with E-state index in [0.29, 0.717) is 74.1 Å². The van der Waals surface area contributed by atoms with Crippen molar-refractivity contribution < 1.29 is 140 Å². The maximum absolute atomic E-state index is 14.2. The largest absolute Gasteiger partial charge is 1.00 e. The second kappa shape index (κ2) is 30.4. The van der Waals surface area contributed by atoms with E-state index in [-0.39, 0.29) is 162 Å². The van der Waals surface area contributed by atoms with E-state index in [1.165, 1.54) is 48.5 Å². The Morgan fingerprint density at radius 2 is 1.09 bits per heavy atom. The van der Waals surface area contributed by atoms with Crippen molar-refractivity contribution in [3.63, 3.8) is 0 Å². The number of carboxylic acids is 1. The molecule has 37 heteroatoms. The first-order valence-electron chi connectivity index (χ1n) is 36.4. The first-order valence-corrected chi connectivity index (χ1v) is 42.1. The molecule has 2 unspecified atom stereocenters. The van der Waals surface area contributed by atoms with Gasteiger partial charge in [0.2, 0.25) is 10.7 Å². The van der Waals surface area contributed by atoms with Gasteiger partial charge < -0.3 is 59.4 Å². The summed E-state index contributed by atoms with van der Waals surface area (Å²) in [4.78, 5) is 103. The molecule has 2 atom stereocenters. The average Bonchev–Trinajstić information content (AvgIpc) is 1.44. The van der Waals surface area contributed by atoms with E-state index in [2.05, 4.69) is 20.9 Å². The number of amides is 6. The van der Waals surface area contributed by atoms with E-state index < -0.39 is 146 Å². The van der Waals surface area contributed by atoms with Crippen LogP contribution in [0.5, 0.6) is 11.5 Å². The van der Waals surface area contributed by atoms with Crippen LogP contribution in [-0.4, -0.2) is 197 Å². The van der Waals surface area contributed by atoms with Crippen molar-refractivity contribution in [1.29, 1.82) is 0 Å².